The number of aromatic nitrogens is 1. The maximum Gasteiger partial charge on any atom is 0.196 e. The van der Waals surface area contributed by atoms with Crippen molar-refractivity contribution in [3.8, 4) is 11.3 Å². The Morgan fingerprint density at radius 3 is 2.45 bits per heavy atom. The predicted molar refractivity (Wildman–Crippen MR) is 68.7 cm³/mol. The van der Waals surface area contributed by atoms with Crippen LogP contribution in [0.4, 0.5) is 13.2 Å². The highest BCUT2D eigenvalue weighted by atomic mass is 19.1. The predicted octanol–water partition coefficient (Wildman–Crippen LogP) is 3.30. The quantitative estimate of drug-likeness (QED) is 0.915. The number of halogens is 3. The molecule has 1 aromatic heterocycles. The van der Waals surface area contributed by atoms with E-state index >= 15 is 0 Å². The summed E-state index contributed by atoms with van der Waals surface area (Å²) in [5, 5.41) is 3.18. The molecule has 0 aliphatic carbocycles. The van der Waals surface area contributed by atoms with Crippen LogP contribution in [0.15, 0.2) is 22.7 Å². The summed E-state index contributed by atoms with van der Waals surface area (Å²) in [5.74, 6) is -2.66. The highest BCUT2D eigenvalue weighted by Crippen LogP contribution is 2.27. The molecule has 2 aromatic rings. The fourth-order valence-corrected chi connectivity index (χ4v) is 1.79. The number of hydrogen-bond donors (Lipinski definition) is 1. The molecule has 0 fully saturated rings. The first-order chi connectivity index (χ1) is 9.47. The summed E-state index contributed by atoms with van der Waals surface area (Å²) in [6.07, 6.45) is 1.74. The molecule has 0 radical (unpaired) electrons. The summed E-state index contributed by atoms with van der Waals surface area (Å²) in [6.45, 7) is 4.65. The number of oxazole rings is 1. The van der Waals surface area contributed by atoms with Gasteiger partial charge < -0.3 is 9.73 Å². The van der Waals surface area contributed by atoms with E-state index in [0.717, 1.165) is 0 Å². The topological polar surface area (TPSA) is 38.1 Å². The molecule has 0 spiro atoms. The SMILES string of the molecule is CC(C)NCCc1ncc(-c2c(F)cc(F)cc2F)o1. The molecule has 3 nitrogen and oxygen atoms in total. The summed E-state index contributed by atoms with van der Waals surface area (Å²) in [5.41, 5.74) is -0.401. The molecule has 20 heavy (non-hydrogen) atoms. The minimum absolute atomic E-state index is 0.0421. The Morgan fingerprint density at radius 1 is 1.20 bits per heavy atom. The molecular weight excluding hydrogens is 269 g/mol. The molecule has 0 saturated carbocycles. The third-order valence-corrected chi connectivity index (χ3v) is 2.70. The zero-order valence-corrected chi connectivity index (χ0v) is 11.2. The van der Waals surface area contributed by atoms with Crippen molar-refractivity contribution in [2.45, 2.75) is 26.3 Å². The number of hydrogen-bond acceptors (Lipinski definition) is 3. The third kappa shape index (κ3) is 3.39. The van der Waals surface area contributed by atoms with Crippen LogP contribution >= 0.6 is 0 Å². The van der Waals surface area contributed by atoms with Crippen molar-refractivity contribution >= 4 is 0 Å². The van der Waals surface area contributed by atoms with Crippen molar-refractivity contribution in [3.05, 3.63) is 41.7 Å². The van der Waals surface area contributed by atoms with Gasteiger partial charge in [-0.25, -0.2) is 18.2 Å². The van der Waals surface area contributed by atoms with Gasteiger partial charge in [-0.3, -0.25) is 0 Å². The van der Waals surface area contributed by atoms with Crippen molar-refractivity contribution in [2.24, 2.45) is 0 Å². The minimum Gasteiger partial charge on any atom is -0.440 e. The second-order valence-corrected chi connectivity index (χ2v) is 4.72. The number of nitrogens with one attached hydrogen (secondary N) is 1. The molecule has 0 atom stereocenters. The van der Waals surface area contributed by atoms with Gasteiger partial charge in [0.15, 0.2) is 11.7 Å². The lowest BCUT2D eigenvalue weighted by atomic mass is 10.1. The van der Waals surface area contributed by atoms with Crippen LogP contribution < -0.4 is 5.32 Å². The molecule has 0 bridgehead atoms. The van der Waals surface area contributed by atoms with Crippen molar-refractivity contribution < 1.29 is 17.6 Å². The minimum atomic E-state index is -1.01. The summed E-state index contributed by atoms with van der Waals surface area (Å²) < 4.78 is 45.3. The molecule has 1 aromatic carbocycles. The van der Waals surface area contributed by atoms with Gasteiger partial charge in [-0.15, -0.1) is 0 Å². The average molecular weight is 284 g/mol. The van der Waals surface area contributed by atoms with Crippen LogP contribution in [0, 0.1) is 17.5 Å². The summed E-state index contributed by atoms with van der Waals surface area (Å²) in [4.78, 5) is 3.96. The number of rotatable bonds is 5. The zero-order chi connectivity index (χ0) is 14.7. The Bertz CT molecular complexity index is 573. The monoisotopic (exact) mass is 284 g/mol. The van der Waals surface area contributed by atoms with Crippen LogP contribution in [-0.4, -0.2) is 17.6 Å². The average Bonchev–Trinajstić information content (AvgIpc) is 2.75. The van der Waals surface area contributed by atoms with E-state index in [0.29, 0.717) is 37.0 Å². The van der Waals surface area contributed by atoms with Crippen molar-refractivity contribution in [1.29, 1.82) is 0 Å². The van der Waals surface area contributed by atoms with E-state index in [1.807, 2.05) is 13.8 Å². The van der Waals surface area contributed by atoms with Crippen LogP contribution in [0.2, 0.25) is 0 Å². The van der Waals surface area contributed by atoms with E-state index in [2.05, 4.69) is 10.3 Å². The molecule has 0 amide bonds. The molecule has 1 N–H and O–H groups in total. The fraction of sp³-hybridized carbons (Fsp3) is 0.357. The van der Waals surface area contributed by atoms with Gasteiger partial charge in [-0.2, -0.15) is 0 Å². The van der Waals surface area contributed by atoms with Crippen LogP contribution in [0.5, 0.6) is 0 Å². The van der Waals surface area contributed by atoms with Crippen LogP contribution in [0.1, 0.15) is 19.7 Å². The first-order valence-electron chi connectivity index (χ1n) is 6.30. The number of nitrogens with zero attached hydrogens (tertiary/aromatic N) is 1. The highest BCUT2D eigenvalue weighted by Gasteiger charge is 2.17. The lowest BCUT2D eigenvalue weighted by Crippen LogP contribution is -2.24. The first kappa shape index (κ1) is 14.6. The van der Waals surface area contributed by atoms with Gasteiger partial charge >= 0.3 is 0 Å². The maximum atomic E-state index is 13.6. The Morgan fingerprint density at radius 2 is 1.85 bits per heavy atom. The van der Waals surface area contributed by atoms with Crippen LogP contribution in [0.25, 0.3) is 11.3 Å². The normalized spacial score (nSPS) is 11.3. The van der Waals surface area contributed by atoms with E-state index in [1.54, 1.807) is 0 Å². The van der Waals surface area contributed by atoms with Crippen molar-refractivity contribution in [2.75, 3.05) is 6.54 Å². The zero-order valence-electron chi connectivity index (χ0n) is 11.2. The van der Waals surface area contributed by atoms with Crippen LogP contribution in [-0.2, 0) is 6.42 Å². The van der Waals surface area contributed by atoms with Gasteiger partial charge in [0.2, 0.25) is 0 Å². The smallest absolute Gasteiger partial charge is 0.196 e. The Balaban J connectivity index is 2.17. The summed E-state index contributed by atoms with van der Waals surface area (Å²) in [7, 11) is 0. The molecule has 108 valence electrons. The second-order valence-electron chi connectivity index (χ2n) is 4.72. The molecule has 0 unspecified atom stereocenters. The van der Waals surface area contributed by atoms with E-state index in [4.69, 9.17) is 4.42 Å². The Hall–Kier alpha value is -1.82. The van der Waals surface area contributed by atoms with Gasteiger partial charge in [-0.1, -0.05) is 13.8 Å². The van der Waals surface area contributed by atoms with Crippen molar-refractivity contribution in [3.63, 3.8) is 0 Å². The lowest BCUT2D eigenvalue weighted by molar-refractivity contribution is 0.476. The fourth-order valence-electron chi connectivity index (χ4n) is 1.79. The molecule has 0 aliphatic rings. The second kappa shape index (κ2) is 6.09. The maximum absolute atomic E-state index is 13.6. The largest absolute Gasteiger partial charge is 0.440 e. The van der Waals surface area contributed by atoms with Gasteiger partial charge in [0, 0.05) is 31.1 Å². The van der Waals surface area contributed by atoms with E-state index < -0.39 is 23.0 Å². The van der Waals surface area contributed by atoms with Gasteiger partial charge in [0.05, 0.1) is 11.8 Å². The molecular formula is C14H15F3N2O. The lowest BCUT2D eigenvalue weighted by Gasteiger charge is -2.05. The molecule has 1 heterocycles. The summed E-state index contributed by atoms with van der Waals surface area (Å²) in [6, 6.07) is 1.55. The van der Waals surface area contributed by atoms with Crippen molar-refractivity contribution in [1.82, 2.24) is 10.3 Å². The Labute approximate surface area is 114 Å². The van der Waals surface area contributed by atoms with E-state index in [-0.39, 0.29) is 5.76 Å². The first-order valence-corrected chi connectivity index (χ1v) is 6.30. The molecule has 2 rings (SSSR count). The standard InChI is InChI=1S/C14H15F3N2O/c1-8(2)18-4-3-13-19-7-12(20-13)14-10(16)5-9(15)6-11(14)17/h5-8,18H,3-4H2,1-2H3. The van der Waals surface area contributed by atoms with E-state index in [1.165, 1.54) is 6.20 Å². The number of benzene rings is 1. The highest BCUT2D eigenvalue weighted by molar-refractivity contribution is 5.58. The summed E-state index contributed by atoms with van der Waals surface area (Å²) >= 11 is 0. The van der Waals surface area contributed by atoms with Gasteiger partial charge in [0.25, 0.3) is 0 Å². The third-order valence-electron chi connectivity index (χ3n) is 2.70. The Kier molecular flexibility index (Phi) is 4.44. The van der Waals surface area contributed by atoms with Gasteiger partial charge in [0.1, 0.15) is 17.5 Å². The molecule has 6 heteroatoms. The molecule has 0 aliphatic heterocycles. The van der Waals surface area contributed by atoms with Crippen LogP contribution in [0.3, 0.4) is 0 Å². The molecule has 0 saturated heterocycles. The van der Waals surface area contributed by atoms with Gasteiger partial charge in [-0.05, 0) is 0 Å². The van der Waals surface area contributed by atoms with E-state index in [9.17, 15) is 13.2 Å².